The van der Waals surface area contributed by atoms with Gasteiger partial charge in [-0.05, 0) is 38.3 Å². The van der Waals surface area contributed by atoms with Crippen LogP contribution in [0.15, 0.2) is 18.2 Å². The minimum atomic E-state index is -0.660. The van der Waals surface area contributed by atoms with Crippen LogP contribution in [0.2, 0.25) is 0 Å². The van der Waals surface area contributed by atoms with Crippen molar-refractivity contribution in [3.05, 3.63) is 23.8 Å². The molecule has 1 aliphatic rings. The van der Waals surface area contributed by atoms with Crippen molar-refractivity contribution in [1.29, 1.82) is 0 Å². The van der Waals surface area contributed by atoms with E-state index >= 15 is 0 Å². The Hall–Kier alpha value is -1.22. The molecule has 0 aromatic heterocycles. The van der Waals surface area contributed by atoms with E-state index in [1.165, 1.54) is 17.7 Å². The van der Waals surface area contributed by atoms with Crippen LogP contribution in [-0.2, 0) is 6.42 Å². The molecule has 1 heterocycles. The van der Waals surface area contributed by atoms with E-state index < -0.39 is 5.60 Å². The average molecular weight is 235 g/mol. The molecule has 3 heteroatoms. The molecule has 3 nitrogen and oxygen atoms in total. The Bertz CT molecular complexity index is 382. The third-order valence-corrected chi connectivity index (χ3v) is 3.00. The van der Waals surface area contributed by atoms with E-state index in [2.05, 4.69) is 17.4 Å². The van der Waals surface area contributed by atoms with Gasteiger partial charge in [-0.1, -0.05) is 6.07 Å². The molecule has 1 aromatic carbocycles. The van der Waals surface area contributed by atoms with Crippen molar-refractivity contribution in [2.75, 3.05) is 18.5 Å². The van der Waals surface area contributed by atoms with Gasteiger partial charge in [-0.25, -0.2) is 0 Å². The molecule has 0 unspecified atom stereocenters. The van der Waals surface area contributed by atoms with Crippen molar-refractivity contribution < 1.29 is 9.84 Å². The fraction of sp³-hybridized carbons (Fsp3) is 0.571. The monoisotopic (exact) mass is 235 g/mol. The van der Waals surface area contributed by atoms with Crippen LogP contribution in [-0.4, -0.2) is 23.9 Å². The van der Waals surface area contributed by atoms with Crippen molar-refractivity contribution in [3.63, 3.8) is 0 Å². The van der Waals surface area contributed by atoms with Crippen LogP contribution in [0.3, 0.4) is 0 Å². The van der Waals surface area contributed by atoms with Crippen molar-refractivity contribution in [3.8, 4) is 5.75 Å². The molecule has 94 valence electrons. The van der Waals surface area contributed by atoms with Crippen molar-refractivity contribution in [2.24, 2.45) is 0 Å². The van der Waals surface area contributed by atoms with Gasteiger partial charge in [-0.3, -0.25) is 0 Å². The fourth-order valence-electron chi connectivity index (χ4n) is 1.95. The molecule has 1 aromatic rings. The first-order valence-electron chi connectivity index (χ1n) is 6.27. The highest BCUT2D eigenvalue weighted by molar-refractivity contribution is 5.56. The van der Waals surface area contributed by atoms with E-state index in [1.807, 2.05) is 6.07 Å². The van der Waals surface area contributed by atoms with Gasteiger partial charge in [0.2, 0.25) is 0 Å². The summed E-state index contributed by atoms with van der Waals surface area (Å²) in [5.74, 6) is 0.877. The van der Waals surface area contributed by atoms with Crippen LogP contribution in [0.1, 0.15) is 32.3 Å². The van der Waals surface area contributed by atoms with E-state index in [0.29, 0.717) is 13.0 Å². The lowest BCUT2D eigenvalue weighted by Gasteiger charge is -2.20. The summed E-state index contributed by atoms with van der Waals surface area (Å²) >= 11 is 0. The summed E-state index contributed by atoms with van der Waals surface area (Å²) in [6.45, 7) is 5.18. The molecule has 0 radical (unpaired) electrons. The van der Waals surface area contributed by atoms with Gasteiger partial charge < -0.3 is 15.2 Å². The Morgan fingerprint density at radius 2 is 2.24 bits per heavy atom. The highest BCUT2D eigenvalue weighted by Gasteiger charge is 2.13. The molecule has 0 spiro atoms. The number of nitrogens with one attached hydrogen (secondary N) is 1. The maximum atomic E-state index is 9.60. The Morgan fingerprint density at radius 3 is 3.00 bits per heavy atom. The first kappa shape index (κ1) is 12.2. The average Bonchev–Trinajstić information content (AvgIpc) is 2.27. The van der Waals surface area contributed by atoms with E-state index in [0.717, 1.165) is 18.7 Å². The van der Waals surface area contributed by atoms with Gasteiger partial charge in [0.05, 0.1) is 12.2 Å². The maximum absolute atomic E-state index is 9.60. The Kier molecular flexibility index (Phi) is 3.57. The van der Waals surface area contributed by atoms with Crippen LogP contribution in [0.25, 0.3) is 0 Å². The Labute approximate surface area is 103 Å². The van der Waals surface area contributed by atoms with E-state index in [9.17, 15) is 5.11 Å². The first-order chi connectivity index (χ1) is 8.04. The lowest BCUT2D eigenvalue weighted by molar-refractivity contribution is 0.0553. The minimum Gasteiger partial charge on any atom is -0.493 e. The van der Waals surface area contributed by atoms with E-state index in [1.54, 1.807) is 13.8 Å². The summed E-state index contributed by atoms with van der Waals surface area (Å²) in [6.07, 6.45) is 2.98. The predicted molar refractivity (Wildman–Crippen MR) is 69.7 cm³/mol. The zero-order chi connectivity index (χ0) is 12.3. The number of anilines is 1. The smallest absolute Gasteiger partial charge is 0.121 e. The molecule has 0 atom stereocenters. The number of aryl methyl sites for hydroxylation is 1. The molecule has 2 N–H and O–H groups in total. The number of benzene rings is 1. The van der Waals surface area contributed by atoms with Crippen LogP contribution in [0.4, 0.5) is 5.69 Å². The SMILES string of the molecule is CC(C)(O)CCOc1ccc2c(c1)NCCC2. The summed E-state index contributed by atoms with van der Waals surface area (Å²) in [7, 11) is 0. The van der Waals surface area contributed by atoms with Gasteiger partial charge >= 0.3 is 0 Å². The molecule has 0 saturated heterocycles. The fourth-order valence-corrected chi connectivity index (χ4v) is 1.95. The van der Waals surface area contributed by atoms with E-state index in [-0.39, 0.29) is 0 Å². The summed E-state index contributed by atoms with van der Waals surface area (Å²) in [4.78, 5) is 0. The number of hydrogen-bond acceptors (Lipinski definition) is 3. The van der Waals surface area contributed by atoms with Gasteiger partial charge in [0.15, 0.2) is 0 Å². The molecule has 1 aliphatic heterocycles. The quantitative estimate of drug-likeness (QED) is 0.843. The van der Waals surface area contributed by atoms with Gasteiger partial charge in [0.1, 0.15) is 5.75 Å². The summed E-state index contributed by atoms with van der Waals surface area (Å²) in [6, 6.07) is 6.19. The molecule has 0 aliphatic carbocycles. The van der Waals surface area contributed by atoms with Gasteiger partial charge in [-0.2, -0.15) is 0 Å². The number of rotatable bonds is 4. The van der Waals surface area contributed by atoms with Gasteiger partial charge in [0.25, 0.3) is 0 Å². The molecular weight excluding hydrogens is 214 g/mol. The lowest BCUT2D eigenvalue weighted by atomic mass is 10.0. The number of fused-ring (bicyclic) bond motifs is 1. The number of aliphatic hydroxyl groups is 1. The van der Waals surface area contributed by atoms with Crippen LogP contribution in [0, 0.1) is 0 Å². The number of ether oxygens (including phenoxy) is 1. The topological polar surface area (TPSA) is 41.5 Å². The normalized spacial score (nSPS) is 15.0. The standard InChI is InChI=1S/C14H21NO2/c1-14(2,16)7-9-17-12-6-5-11-4-3-8-15-13(11)10-12/h5-6,10,15-16H,3-4,7-9H2,1-2H3. The first-order valence-corrected chi connectivity index (χ1v) is 6.27. The summed E-state index contributed by atoms with van der Waals surface area (Å²) in [5.41, 5.74) is 1.90. The lowest BCUT2D eigenvalue weighted by Crippen LogP contribution is -2.21. The Morgan fingerprint density at radius 1 is 1.41 bits per heavy atom. The van der Waals surface area contributed by atoms with Crippen molar-refractivity contribution >= 4 is 5.69 Å². The van der Waals surface area contributed by atoms with Crippen molar-refractivity contribution in [2.45, 2.75) is 38.7 Å². The second kappa shape index (κ2) is 4.96. The van der Waals surface area contributed by atoms with E-state index in [4.69, 9.17) is 4.74 Å². The molecule has 17 heavy (non-hydrogen) atoms. The molecule has 0 saturated carbocycles. The van der Waals surface area contributed by atoms with Gasteiger partial charge in [0, 0.05) is 24.7 Å². The third-order valence-electron chi connectivity index (χ3n) is 3.00. The predicted octanol–water partition coefficient (Wildman–Crippen LogP) is 2.58. The van der Waals surface area contributed by atoms with Crippen LogP contribution >= 0.6 is 0 Å². The summed E-state index contributed by atoms with van der Waals surface area (Å²) < 4.78 is 5.65. The zero-order valence-corrected chi connectivity index (χ0v) is 10.6. The molecule has 2 rings (SSSR count). The number of hydrogen-bond donors (Lipinski definition) is 2. The van der Waals surface area contributed by atoms with Gasteiger partial charge in [-0.15, -0.1) is 0 Å². The minimum absolute atomic E-state index is 0.544. The Balaban J connectivity index is 1.93. The maximum Gasteiger partial charge on any atom is 0.121 e. The van der Waals surface area contributed by atoms with Crippen LogP contribution < -0.4 is 10.1 Å². The summed E-state index contributed by atoms with van der Waals surface area (Å²) in [5, 5.41) is 13.0. The molecule has 0 amide bonds. The highest BCUT2D eigenvalue weighted by Crippen LogP contribution is 2.26. The second-order valence-electron chi connectivity index (χ2n) is 5.26. The molecule has 0 bridgehead atoms. The molecular formula is C14H21NO2. The largest absolute Gasteiger partial charge is 0.493 e. The third kappa shape index (κ3) is 3.63. The highest BCUT2D eigenvalue weighted by atomic mass is 16.5. The zero-order valence-electron chi connectivity index (χ0n) is 10.6. The molecule has 0 fully saturated rings. The van der Waals surface area contributed by atoms with Crippen molar-refractivity contribution in [1.82, 2.24) is 0 Å². The van der Waals surface area contributed by atoms with Crippen LogP contribution in [0.5, 0.6) is 5.75 Å². The second-order valence-corrected chi connectivity index (χ2v) is 5.26.